The Kier molecular flexibility index (Phi) is 3.43. The summed E-state index contributed by atoms with van der Waals surface area (Å²) in [6.45, 7) is 0. The van der Waals surface area contributed by atoms with Gasteiger partial charge in [0.2, 0.25) is 0 Å². The molecule has 82 valence electrons. The molecule has 2 heteroatoms. The van der Waals surface area contributed by atoms with Crippen molar-refractivity contribution in [2.75, 3.05) is 0 Å². The second-order valence-electron chi connectivity index (χ2n) is 4.79. The molecule has 0 aromatic rings. The van der Waals surface area contributed by atoms with E-state index in [0.29, 0.717) is 6.04 Å². The summed E-state index contributed by atoms with van der Waals surface area (Å²) in [4.78, 5) is 11.7. The zero-order valence-electron chi connectivity index (χ0n) is 9.17. The summed E-state index contributed by atoms with van der Waals surface area (Å²) in [7, 11) is 0. The highest BCUT2D eigenvalue weighted by molar-refractivity contribution is 5.86. The van der Waals surface area contributed by atoms with Crippen LogP contribution in [0.2, 0.25) is 0 Å². The lowest BCUT2D eigenvalue weighted by Crippen LogP contribution is -2.51. The molecule has 1 heterocycles. The maximum Gasteiger partial charge on any atom is 0.161 e. The lowest BCUT2D eigenvalue weighted by molar-refractivity contribution is -0.121. The van der Waals surface area contributed by atoms with Crippen molar-refractivity contribution in [1.29, 1.82) is 0 Å². The molecular weight excluding hydrogens is 186 g/mol. The van der Waals surface area contributed by atoms with Crippen molar-refractivity contribution in [3.05, 3.63) is 0 Å². The lowest BCUT2D eigenvalue weighted by Gasteiger charge is -2.39. The van der Waals surface area contributed by atoms with Crippen molar-refractivity contribution < 1.29 is 4.79 Å². The summed E-state index contributed by atoms with van der Waals surface area (Å²) in [5, 5.41) is 3.49. The number of fused-ring (bicyclic) bond motifs is 1. The Morgan fingerprint density at radius 1 is 1.27 bits per heavy atom. The monoisotopic (exact) mass is 205 g/mol. The van der Waals surface area contributed by atoms with Gasteiger partial charge < -0.3 is 5.32 Å². The number of piperidine rings is 1. The van der Waals surface area contributed by atoms with Gasteiger partial charge in [0.15, 0.2) is 5.78 Å². The smallest absolute Gasteiger partial charge is 0.161 e. The van der Waals surface area contributed by atoms with E-state index in [4.69, 9.17) is 6.42 Å². The van der Waals surface area contributed by atoms with E-state index in [0.717, 1.165) is 12.3 Å². The van der Waals surface area contributed by atoms with Crippen LogP contribution in [0.1, 0.15) is 44.9 Å². The highest BCUT2D eigenvalue weighted by Crippen LogP contribution is 2.32. The van der Waals surface area contributed by atoms with Gasteiger partial charge in [-0.25, -0.2) is 0 Å². The van der Waals surface area contributed by atoms with Crippen molar-refractivity contribution in [2.24, 2.45) is 5.92 Å². The summed E-state index contributed by atoms with van der Waals surface area (Å²) in [6.07, 6.45) is 12.9. The summed E-state index contributed by atoms with van der Waals surface area (Å²) >= 11 is 0. The molecular formula is C13H19NO. The molecule has 2 nitrogen and oxygen atoms in total. The van der Waals surface area contributed by atoms with Crippen LogP contribution < -0.4 is 5.32 Å². The Hall–Kier alpha value is -0.810. The fraction of sp³-hybridized carbons (Fsp3) is 0.769. The van der Waals surface area contributed by atoms with E-state index in [-0.39, 0.29) is 18.2 Å². The normalized spacial score (nSPS) is 35.3. The Morgan fingerprint density at radius 2 is 2.07 bits per heavy atom. The average Bonchev–Trinajstić information content (AvgIpc) is 2.29. The van der Waals surface area contributed by atoms with Crippen molar-refractivity contribution >= 4 is 5.78 Å². The van der Waals surface area contributed by atoms with Gasteiger partial charge in [0.05, 0.1) is 12.5 Å². The summed E-state index contributed by atoms with van der Waals surface area (Å²) < 4.78 is 0. The number of rotatable bonds is 2. The van der Waals surface area contributed by atoms with Crippen LogP contribution in [0.4, 0.5) is 0 Å². The number of Topliss-reactive ketones (excluding diaryl/α,β-unsaturated/α-hetero) is 1. The molecule has 2 aliphatic rings. The molecule has 0 radical (unpaired) electrons. The average molecular weight is 205 g/mol. The topological polar surface area (TPSA) is 29.1 Å². The summed E-state index contributed by atoms with van der Waals surface area (Å²) in [5.74, 6) is 3.47. The van der Waals surface area contributed by atoms with Gasteiger partial charge in [0.1, 0.15) is 0 Å². The Bertz CT molecular complexity index is 279. The first-order valence-corrected chi connectivity index (χ1v) is 6.03. The Balaban J connectivity index is 1.91. The van der Waals surface area contributed by atoms with E-state index >= 15 is 0 Å². The maximum absolute atomic E-state index is 11.7. The van der Waals surface area contributed by atoms with Crippen LogP contribution >= 0.6 is 0 Å². The fourth-order valence-electron chi connectivity index (χ4n) is 2.97. The first-order chi connectivity index (χ1) is 7.31. The molecule has 0 amide bonds. The first-order valence-electron chi connectivity index (χ1n) is 6.03. The van der Waals surface area contributed by atoms with Crippen molar-refractivity contribution in [2.45, 2.75) is 57.0 Å². The van der Waals surface area contributed by atoms with Crippen molar-refractivity contribution in [1.82, 2.24) is 5.32 Å². The number of carbonyl (C=O) groups is 1. The van der Waals surface area contributed by atoms with Gasteiger partial charge in [-0.3, -0.25) is 4.79 Å². The Morgan fingerprint density at radius 3 is 2.87 bits per heavy atom. The molecule has 1 saturated heterocycles. The zero-order valence-corrected chi connectivity index (χ0v) is 9.17. The predicted octanol–water partition coefficient (Wildman–Crippen LogP) is 1.89. The number of terminal acetylenes is 1. The molecule has 15 heavy (non-hydrogen) atoms. The van der Waals surface area contributed by atoms with Crippen molar-refractivity contribution in [3.63, 3.8) is 0 Å². The quantitative estimate of drug-likeness (QED) is 0.697. The van der Waals surface area contributed by atoms with E-state index in [2.05, 4.69) is 11.2 Å². The fourth-order valence-corrected chi connectivity index (χ4v) is 2.97. The van der Waals surface area contributed by atoms with Crippen LogP contribution in [0.5, 0.6) is 0 Å². The van der Waals surface area contributed by atoms with Crippen molar-refractivity contribution in [3.8, 4) is 12.3 Å². The first kappa shape index (κ1) is 10.7. The van der Waals surface area contributed by atoms with Gasteiger partial charge in [0, 0.05) is 6.04 Å². The number of carbonyl (C=O) groups excluding carboxylic acids is 1. The molecule has 0 spiro atoms. The molecule has 1 saturated carbocycles. The minimum Gasteiger partial charge on any atom is -0.304 e. The predicted molar refractivity (Wildman–Crippen MR) is 60.4 cm³/mol. The highest BCUT2D eigenvalue weighted by atomic mass is 16.1. The van der Waals surface area contributed by atoms with Gasteiger partial charge in [-0.2, -0.15) is 0 Å². The molecule has 3 atom stereocenters. The zero-order chi connectivity index (χ0) is 10.7. The third-order valence-electron chi connectivity index (χ3n) is 3.82. The van der Waals surface area contributed by atoms with E-state index in [1.165, 1.54) is 32.1 Å². The molecule has 1 aliphatic carbocycles. The second kappa shape index (κ2) is 4.81. The molecule has 1 N–H and O–H groups in total. The molecule has 3 unspecified atom stereocenters. The SMILES string of the molecule is C#CCC(=O)C1CCC2CCCCC2N1. The van der Waals surface area contributed by atoms with Crippen LogP contribution in [-0.4, -0.2) is 17.9 Å². The molecule has 0 aromatic heterocycles. The number of ketones is 1. The minimum atomic E-state index is 0.0420. The summed E-state index contributed by atoms with van der Waals surface area (Å²) in [5.41, 5.74) is 0. The van der Waals surface area contributed by atoms with Gasteiger partial charge in [-0.1, -0.05) is 18.8 Å². The van der Waals surface area contributed by atoms with Gasteiger partial charge in [-0.05, 0) is 31.6 Å². The van der Waals surface area contributed by atoms with Crippen LogP contribution in [0.25, 0.3) is 0 Å². The number of hydrogen-bond acceptors (Lipinski definition) is 2. The molecule has 2 rings (SSSR count). The highest BCUT2D eigenvalue weighted by Gasteiger charge is 2.33. The Labute approximate surface area is 91.8 Å². The third-order valence-corrected chi connectivity index (χ3v) is 3.82. The maximum atomic E-state index is 11.7. The summed E-state index contributed by atoms with van der Waals surface area (Å²) in [6, 6.07) is 0.625. The standard InChI is InChI=1S/C13H19NO/c1-2-5-13(15)12-9-8-10-6-3-4-7-11(10)14-12/h1,10-12,14H,3-9H2. The van der Waals surface area contributed by atoms with Crippen LogP contribution in [0.15, 0.2) is 0 Å². The van der Waals surface area contributed by atoms with Crippen LogP contribution in [-0.2, 0) is 4.79 Å². The molecule has 1 aliphatic heterocycles. The van der Waals surface area contributed by atoms with Gasteiger partial charge >= 0.3 is 0 Å². The van der Waals surface area contributed by atoms with Crippen LogP contribution in [0.3, 0.4) is 0 Å². The lowest BCUT2D eigenvalue weighted by atomic mass is 9.77. The molecule has 0 aromatic carbocycles. The second-order valence-corrected chi connectivity index (χ2v) is 4.79. The van der Waals surface area contributed by atoms with Gasteiger partial charge in [-0.15, -0.1) is 6.42 Å². The van der Waals surface area contributed by atoms with E-state index in [9.17, 15) is 4.79 Å². The number of hydrogen-bond donors (Lipinski definition) is 1. The van der Waals surface area contributed by atoms with Gasteiger partial charge in [0.25, 0.3) is 0 Å². The van der Waals surface area contributed by atoms with E-state index < -0.39 is 0 Å². The molecule has 0 bridgehead atoms. The van der Waals surface area contributed by atoms with E-state index in [1.54, 1.807) is 0 Å². The minimum absolute atomic E-state index is 0.0420. The largest absolute Gasteiger partial charge is 0.304 e. The number of nitrogens with one attached hydrogen (secondary N) is 1. The van der Waals surface area contributed by atoms with Crippen LogP contribution in [0, 0.1) is 18.3 Å². The molecule has 2 fully saturated rings. The van der Waals surface area contributed by atoms with E-state index in [1.807, 2.05) is 0 Å². The third kappa shape index (κ3) is 2.41.